The Morgan fingerprint density at radius 2 is 1.56 bits per heavy atom. The Balaban J connectivity index is 4.76. The van der Waals surface area contributed by atoms with Crippen molar-refractivity contribution in [3.63, 3.8) is 0 Å². The van der Waals surface area contributed by atoms with E-state index in [4.69, 9.17) is 9.47 Å². The predicted molar refractivity (Wildman–Crippen MR) is 90.1 cm³/mol. The van der Waals surface area contributed by atoms with Crippen LogP contribution in [0.3, 0.4) is 0 Å². The molecule has 146 valence electrons. The lowest BCUT2D eigenvalue weighted by molar-refractivity contribution is -0.151. The van der Waals surface area contributed by atoms with Crippen LogP contribution in [0.1, 0.15) is 41.5 Å². The quantitative estimate of drug-likeness (QED) is 0.540. The Bertz CT molecular complexity index is 466. The number of carbonyl (C=O) groups is 3. The molecule has 0 aliphatic carbocycles. The number of hydrogen-bond donors (Lipinski definition) is 2. The van der Waals surface area contributed by atoms with Gasteiger partial charge in [-0.25, -0.2) is 14.4 Å². The monoisotopic (exact) mass is 362 g/mol. The molecule has 0 bridgehead atoms. The molecule has 0 aliphatic heterocycles. The minimum atomic E-state index is -1.51. The summed E-state index contributed by atoms with van der Waals surface area (Å²) in [6.07, 6.45) is -2.87. The summed E-state index contributed by atoms with van der Waals surface area (Å²) < 4.78 is 14.8. The normalized spacial score (nSPS) is 12.8. The van der Waals surface area contributed by atoms with E-state index in [0.717, 1.165) is 12.0 Å². The van der Waals surface area contributed by atoms with Gasteiger partial charge in [0.25, 0.3) is 0 Å². The van der Waals surface area contributed by atoms with Crippen molar-refractivity contribution in [1.82, 2.24) is 10.2 Å². The van der Waals surface area contributed by atoms with Crippen LogP contribution in [0.4, 0.5) is 9.59 Å². The molecule has 9 heteroatoms. The number of hydrogen-bond acceptors (Lipinski definition) is 7. The molecule has 0 saturated heterocycles. The van der Waals surface area contributed by atoms with E-state index in [1.54, 1.807) is 41.5 Å². The van der Waals surface area contributed by atoms with Crippen molar-refractivity contribution in [1.29, 1.82) is 0 Å². The van der Waals surface area contributed by atoms with Crippen LogP contribution in [0.15, 0.2) is 0 Å². The summed E-state index contributed by atoms with van der Waals surface area (Å²) in [5, 5.41) is 12.3. The molecule has 0 heterocycles. The maximum Gasteiger partial charge on any atom is 0.410 e. The Labute approximate surface area is 148 Å². The van der Waals surface area contributed by atoms with Gasteiger partial charge in [-0.2, -0.15) is 0 Å². The summed E-state index contributed by atoms with van der Waals surface area (Å²) in [6, 6.07) is 0. The van der Waals surface area contributed by atoms with Crippen LogP contribution in [0.2, 0.25) is 0 Å². The number of aliphatic hydroxyl groups excluding tert-OH is 1. The Morgan fingerprint density at radius 3 is 2.00 bits per heavy atom. The van der Waals surface area contributed by atoms with Crippen molar-refractivity contribution in [2.75, 3.05) is 26.7 Å². The van der Waals surface area contributed by atoms with Gasteiger partial charge in [0.05, 0.1) is 13.7 Å². The molecule has 0 radical (unpaired) electrons. The van der Waals surface area contributed by atoms with Crippen molar-refractivity contribution >= 4 is 18.2 Å². The lowest BCUT2D eigenvalue weighted by atomic mass is 10.2. The van der Waals surface area contributed by atoms with Crippen LogP contribution in [0, 0.1) is 0 Å². The summed E-state index contributed by atoms with van der Waals surface area (Å²) in [5.74, 6) is -0.867. The third-order valence-electron chi connectivity index (χ3n) is 2.57. The van der Waals surface area contributed by atoms with Gasteiger partial charge in [-0.15, -0.1) is 0 Å². The van der Waals surface area contributed by atoms with E-state index in [-0.39, 0.29) is 19.6 Å². The highest BCUT2D eigenvalue weighted by Crippen LogP contribution is 2.11. The molecule has 0 unspecified atom stereocenters. The lowest BCUT2D eigenvalue weighted by Crippen LogP contribution is -2.46. The number of esters is 1. The summed E-state index contributed by atoms with van der Waals surface area (Å²) in [4.78, 5) is 36.3. The first kappa shape index (κ1) is 23.0. The van der Waals surface area contributed by atoms with E-state index in [0.29, 0.717) is 0 Å². The van der Waals surface area contributed by atoms with E-state index in [2.05, 4.69) is 10.1 Å². The van der Waals surface area contributed by atoms with E-state index >= 15 is 0 Å². The highest BCUT2D eigenvalue weighted by atomic mass is 16.6. The topological polar surface area (TPSA) is 114 Å². The van der Waals surface area contributed by atoms with E-state index in [9.17, 15) is 19.5 Å². The van der Waals surface area contributed by atoms with Gasteiger partial charge in [0.15, 0.2) is 6.10 Å². The van der Waals surface area contributed by atoms with Gasteiger partial charge in [-0.3, -0.25) is 0 Å². The zero-order valence-corrected chi connectivity index (χ0v) is 16.0. The molecule has 0 aliphatic rings. The summed E-state index contributed by atoms with van der Waals surface area (Å²) >= 11 is 0. The number of aliphatic hydroxyl groups is 1. The van der Waals surface area contributed by atoms with E-state index in [1.807, 2.05) is 0 Å². The van der Waals surface area contributed by atoms with Crippen LogP contribution >= 0.6 is 0 Å². The molecular weight excluding hydrogens is 332 g/mol. The summed E-state index contributed by atoms with van der Waals surface area (Å²) in [5.41, 5.74) is -1.39. The average molecular weight is 362 g/mol. The summed E-state index contributed by atoms with van der Waals surface area (Å²) in [6.45, 7) is 10.0. The molecule has 0 rings (SSSR count). The van der Waals surface area contributed by atoms with Crippen molar-refractivity contribution < 1.29 is 33.7 Å². The molecule has 0 spiro atoms. The molecule has 0 fully saturated rings. The highest BCUT2D eigenvalue weighted by Gasteiger charge is 2.27. The van der Waals surface area contributed by atoms with E-state index < -0.39 is 35.5 Å². The predicted octanol–water partition coefficient (Wildman–Crippen LogP) is 1.28. The number of methoxy groups -OCH3 is 1. The molecule has 0 aromatic heterocycles. The van der Waals surface area contributed by atoms with Crippen molar-refractivity contribution in [2.24, 2.45) is 0 Å². The zero-order chi connectivity index (χ0) is 19.8. The third-order valence-corrected chi connectivity index (χ3v) is 2.57. The minimum Gasteiger partial charge on any atom is -0.467 e. The summed E-state index contributed by atoms with van der Waals surface area (Å²) in [7, 11) is 1.13. The number of alkyl carbamates (subject to hydrolysis) is 1. The number of rotatable bonds is 6. The standard InChI is InChI=1S/C16H30N2O7/c1-15(2,3)24-13(21)17-8-9-18(10-11(19)12(20)23-7)14(22)25-16(4,5)6/h11,19H,8-10H2,1-7H3,(H,17,21)/t11-/m0/s1. The Morgan fingerprint density at radius 1 is 1.04 bits per heavy atom. The first-order chi connectivity index (χ1) is 11.2. The average Bonchev–Trinajstić information content (AvgIpc) is 2.41. The van der Waals surface area contributed by atoms with Crippen LogP contribution < -0.4 is 5.32 Å². The van der Waals surface area contributed by atoms with Crippen molar-refractivity contribution in [3.8, 4) is 0 Å². The van der Waals surface area contributed by atoms with Crippen LogP contribution in [-0.2, 0) is 19.0 Å². The molecule has 2 N–H and O–H groups in total. The van der Waals surface area contributed by atoms with Gasteiger partial charge >= 0.3 is 18.2 Å². The number of nitrogens with one attached hydrogen (secondary N) is 1. The SMILES string of the molecule is COC(=O)[C@@H](O)CN(CCNC(=O)OC(C)(C)C)C(=O)OC(C)(C)C. The Hall–Kier alpha value is -2.03. The van der Waals surface area contributed by atoms with E-state index in [1.165, 1.54) is 0 Å². The van der Waals surface area contributed by atoms with Gasteiger partial charge < -0.3 is 29.5 Å². The molecular formula is C16H30N2O7. The maximum atomic E-state index is 12.2. The third kappa shape index (κ3) is 11.2. The second-order valence-electron chi connectivity index (χ2n) is 7.39. The fourth-order valence-corrected chi connectivity index (χ4v) is 1.61. The van der Waals surface area contributed by atoms with Crippen LogP contribution in [0.25, 0.3) is 0 Å². The van der Waals surface area contributed by atoms with Crippen LogP contribution in [-0.4, -0.2) is 72.2 Å². The van der Waals surface area contributed by atoms with Crippen molar-refractivity contribution in [2.45, 2.75) is 58.8 Å². The first-order valence-corrected chi connectivity index (χ1v) is 7.96. The van der Waals surface area contributed by atoms with Gasteiger partial charge in [-0.05, 0) is 41.5 Å². The number of carbonyl (C=O) groups excluding carboxylic acids is 3. The largest absolute Gasteiger partial charge is 0.467 e. The second kappa shape index (κ2) is 9.45. The smallest absolute Gasteiger partial charge is 0.410 e. The fourth-order valence-electron chi connectivity index (χ4n) is 1.61. The first-order valence-electron chi connectivity index (χ1n) is 7.96. The number of amides is 2. The second-order valence-corrected chi connectivity index (χ2v) is 7.39. The molecule has 0 aromatic carbocycles. The Kier molecular flexibility index (Phi) is 8.68. The number of ether oxygens (including phenoxy) is 3. The van der Waals surface area contributed by atoms with Gasteiger partial charge in [0.1, 0.15) is 11.2 Å². The molecule has 25 heavy (non-hydrogen) atoms. The lowest BCUT2D eigenvalue weighted by Gasteiger charge is -2.28. The van der Waals surface area contributed by atoms with Gasteiger partial charge in [0, 0.05) is 13.1 Å². The minimum absolute atomic E-state index is 0.0161. The maximum absolute atomic E-state index is 12.2. The molecule has 9 nitrogen and oxygen atoms in total. The zero-order valence-electron chi connectivity index (χ0n) is 16.0. The van der Waals surface area contributed by atoms with Gasteiger partial charge in [0.2, 0.25) is 0 Å². The highest BCUT2D eigenvalue weighted by molar-refractivity contribution is 5.76. The molecule has 0 aromatic rings. The van der Waals surface area contributed by atoms with Crippen molar-refractivity contribution in [3.05, 3.63) is 0 Å². The molecule has 0 saturated carbocycles. The number of nitrogens with zero attached hydrogens (tertiary/aromatic N) is 1. The molecule has 2 amide bonds. The molecule has 1 atom stereocenters. The fraction of sp³-hybridized carbons (Fsp3) is 0.812. The van der Waals surface area contributed by atoms with Gasteiger partial charge in [-0.1, -0.05) is 0 Å². The van der Waals surface area contributed by atoms with Crippen LogP contribution in [0.5, 0.6) is 0 Å².